The molecule has 0 N–H and O–H groups in total. The van der Waals surface area contributed by atoms with Gasteiger partial charge in [0.15, 0.2) is 5.58 Å². The Balaban J connectivity index is 1.18. The number of hydrogen-bond acceptors (Lipinski definition) is 4. The number of anilines is 5. The van der Waals surface area contributed by atoms with Crippen LogP contribution < -0.4 is 20.6 Å². The molecule has 10 aromatic rings. The number of thiophene rings is 1. The van der Waals surface area contributed by atoms with Crippen LogP contribution in [-0.4, -0.2) is 6.85 Å². The van der Waals surface area contributed by atoms with Crippen molar-refractivity contribution in [3.8, 4) is 33.4 Å². The molecule has 0 saturated heterocycles. The molecule has 4 heterocycles. The first kappa shape index (κ1) is 46.7. The number of nitrogens with zero attached hydrogens (tertiary/aromatic N) is 2. The molecule has 0 unspecified atom stereocenters. The average Bonchev–Trinajstić information content (AvgIpc) is 3.98. The number of benzene rings is 8. The van der Waals surface area contributed by atoms with Crippen molar-refractivity contribution in [1.29, 1.82) is 0 Å². The van der Waals surface area contributed by atoms with Gasteiger partial charge in [0.2, 0.25) is 0 Å². The van der Waals surface area contributed by atoms with Crippen molar-refractivity contribution in [2.75, 3.05) is 9.71 Å². The van der Waals surface area contributed by atoms with Gasteiger partial charge in [-0.1, -0.05) is 173 Å². The van der Waals surface area contributed by atoms with Crippen molar-refractivity contribution in [3.63, 3.8) is 0 Å². The average molecular weight is 995 g/mol. The highest BCUT2D eigenvalue weighted by atomic mass is 32.1. The summed E-state index contributed by atoms with van der Waals surface area (Å²) in [5, 5.41) is 4.89. The van der Waals surface area contributed by atoms with Crippen LogP contribution >= 0.6 is 11.3 Å². The lowest BCUT2D eigenvalue weighted by atomic mass is 9.43. The Kier molecular flexibility index (Phi) is 9.88. The second-order valence-electron chi connectivity index (χ2n) is 26.2. The number of hydrogen-bond donors (Lipinski definition) is 0. The maximum atomic E-state index is 7.41. The Bertz CT molecular complexity index is 4010. The lowest BCUT2D eigenvalue weighted by Gasteiger charge is -2.46. The molecule has 3 nitrogen and oxygen atoms in total. The first-order valence-corrected chi connectivity index (χ1v) is 28.3. The topological polar surface area (TPSA) is 19.6 Å². The van der Waals surface area contributed by atoms with Crippen LogP contribution in [0.1, 0.15) is 130 Å². The Hall–Kier alpha value is -6.82. The number of rotatable bonds is 4. The quantitative estimate of drug-likeness (QED) is 0.164. The monoisotopic (exact) mass is 995 g/mol. The van der Waals surface area contributed by atoms with Gasteiger partial charge >= 0.3 is 6.85 Å². The summed E-state index contributed by atoms with van der Waals surface area (Å²) in [5.41, 5.74) is 24.0. The van der Waals surface area contributed by atoms with Crippen molar-refractivity contribution in [2.24, 2.45) is 0 Å². The predicted molar refractivity (Wildman–Crippen MR) is 323 cm³/mol. The number of fused-ring (bicyclic) bond motifs is 12. The Morgan fingerprint density at radius 2 is 1.09 bits per heavy atom. The highest BCUT2D eigenvalue weighted by molar-refractivity contribution is 7.26. The minimum absolute atomic E-state index is 0.0221. The van der Waals surface area contributed by atoms with E-state index in [4.69, 9.17) is 4.42 Å². The van der Waals surface area contributed by atoms with Crippen LogP contribution in [0.4, 0.5) is 27.8 Å². The molecule has 0 saturated carbocycles. The molecule has 0 amide bonds. The van der Waals surface area contributed by atoms with Gasteiger partial charge in [-0.15, -0.1) is 11.3 Å². The third-order valence-corrected chi connectivity index (χ3v) is 19.7. The summed E-state index contributed by atoms with van der Waals surface area (Å²) < 4.78 is 8.76. The fourth-order valence-corrected chi connectivity index (χ4v) is 15.2. The van der Waals surface area contributed by atoms with E-state index in [1.54, 1.807) is 0 Å². The highest BCUT2D eigenvalue weighted by Gasteiger charge is 2.50. The SMILES string of the molecule is CC(C)(C)c1ccc(N2c3sc4cc5c(cc4c3B3c4c(cc6c(oc7ccccc76)c42)-c2cc(-c4ccccc4)ccc2N3c2ccc3c(c2)C(C)(C)CCC3(C)C)C(C)(C)CCC5(C)C)c(-c2ccccc2)c1. The molecule has 0 fully saturated rings. The zero-order valence-electron chi connectivity index (χ0n) is 45.6. The van der Waals surface area contributed by atoms with Crippen molar-refractivity contribution in [1.82, 2.24) is 0 Å². The molecule has 75 heavy (non-hydrogen) atoms. The molecule has 8 aromatic carbocycles. The van der Waals surface area contributed by atoms with Gasteiger partial charge in [-0.05, 0) is 180 Å². The summed E-state index contributed by atoms with van der Waals surface area (Å²) in [4.78, 5) is 5.44. The molecule has 4 aliphatic rings. The molecule has 0 spiro atoms. The molecular weight excluding hydrogens is 928 g/mol. The first-order chi connectivity index (χ1) is 35.8. The summed E-state index contributed by atoms with van der Waals surface area (Å²) in [5.74, 6) is 0. The van der Waals surface area contributed by atoms with Crippen LogP contribution in [0.15, 0.2) is 162 Å². The van der Waals surface area contributed by atoms with Gasteiger partial charge in [-0.25, -0.2) is 0 Å². The van der Waals surface area contributed by atoms with Gasteiger partial charge in [-0.3, -0.25) is 4.90 Å². The molecule has 372 valence electrons. The van der Waals surface area contributed by atoms with Crippen LogP contribution in [0, 0.1) is 0 Å². The van der Waals surface area contributed by atoms with Gasteiger partial charge in [-0.2, -0.15) is 0 Å². The third kappa shape index (κ3) is 6.91. The first-order valence-electron chi connectivity index (χ1n) is 27.5. The third-order valence-electron chi connectivity index (χ3n) is 18.6. The van der Waals surface area contributed by atoms with E-state index in [0.29, 0.717) is 0 Å². The fraction of sp³-hybridized carbons (Fsp3) is 0.286. The van der Waals surface area contributed by atoms with Gasteiger partial charge in [0.05, 0.1) is 16.4 Å². The summed E-state index contributed by atoms with van der Waals surface area (Å²) in [6.45, 7) is 26.6. The number of furan rings is 1. The van der Waals surface area contributed by atoms with E-state index in [1.807, 2.05) is 11.3 Å². The zero-order chi connectivity index (χ0) is 51.7. The van der Waals surface area contributed by atoms with Crippen LogP contribution in [0.3, 0.4) is 0 Å². The fourth-order valence-electron chi connectivity index (χ4n) is 13.9. The molecule has 5 heteroatoms. The molecule has 2 aliphatic heterocycles. The van der Waals surface area contributed by atoms with E-state index in [0.717, 1.165) is 46.2 Å². The lowest BCUT2D eigenvalue weighted by molar-refractivity contribution is 0.332. The molecule has 0 radical (unpaired) electrons. The van der Waals surface area contributed by atoms with E-state index in [2.05, 4.69) is 244 Å². The van der Waals surface area contributed by atoms with Gasteiger partial charge in [0.25, 0.3) is 0 Å². The van der Waals surface area contributed by atoms with Crippen LogP contribution in [0.2, 0.25) is 0 Å². The maximum absolute atomic E-state index is 7.41. The summed E-state index contributed by atoms with van der Waals surface area (Å²) in [7, 11) is 0. The molecule has 14 rings (SSSR count). The van der Waals surface area contributed by atoms with Crippen LogP contribution in [-0.2, 0) is 27.1 Å². The van der Waals surface area contributed by atoms with Gasteiger partial charge in [0, 0.05) is 38.0 Å². The van der Waals surface area contributed by atoms with Gasteiger partial charge < -0.3 is 9.23 Å². The molecule has 2 aromatic heterocycles. The van der Waals surface area contributed by atoms with Crippen LogP contribution in [0.5, 0.6) is 0 Å². The second-order valence-corrected chi connectivity index (χ2v) is 27.2. The van der Waals surface area contributed by atoms with Crippen LogP contribution in [0.25, 0.3) is 65.4 Å². The molecule has 2 aliphatic carbocycles. The normalized spacial score (nSPS) is 17.7. The number of para-hydroxylation sites is 1. The largest absolute Gasteiger partial charge is 0.454 e. The molecule has 0 bridgehead atoms. The Labute approximate surface area is 448 Å². The van der Waals surface area contributed by atoms with E-state index in [-0.39, 0.29) is 33.9 Å². The minimum atomic E-state index is -0.188. The minimum Gasteiger partial charge on any atom is -0.454 e. The Morgan fingerprint density at radius 3 is 1.79 bits per heavy atom. The maximum Gasteiger partial charge on any atom is 0.334 e. The molecular formula is C70H67BN2OS. The van der Waals surface area contributed by atoms with Crippen molar-refractivity contribution < 1.29 is 4.42 Å². The van der Waals surface area contributed by atoms with Crippen molar-refractivity contribution in [2.45, 2.75) is 129 Å². The predicted octanol–water partition coefficient (Wildman–Crippen LogP) is 18.8. The standard InChI is InChI=1S/C70H67BN2OS/c1-66(2,3)45-27-31-57(48(37-45)43-22-16-13-17-23-43)72-63-61-50(39-51-47-24-18-19-25-59(47)74-64(51)63)49-36-44(42-20-14-12-15-21-42)26-30-58(49)73(46-28-29-53-54(38-46)68(6,7)33-32-67(53,4)5)71(61)62-52-40-55-56(41-60(52)75-65(62)72)70(10,11)35-34-69(55,8)9/h12-31,36-41H,32-35H2,1-11H3. The summed E-state index contributed by atoms with van der Waals surface area (Å²) in [6, 6.07) is 60.7. The summed E-state index contributed by atoms with van der Waals surface area (Å²) in [6.07, 6.45) is 4.64. The van der Waals surface area contributed by atoms with E-state index < -0.39 is 0 Å². The Morgan fingerprint density at radius 1 is 0.480 bits per heavy atom. The van der Waals surface area contributed by atoms with E-state index >= 15 is 0 Å². The zero-order valence-corrected chi connectivity index (χ0v) is 46.4. The smallest absolute Gasteiger partial charge is 0.334 e. The second kappa shape index (κ2) is 15.9. The van der Waals surface area contributed by atoms with E-state index in [9.17, 15) is 0 Å². The highest BCUT2D eigenvalue weighted by Crippen LogP contribution is 2.57. The van der Waals surface area contributed by atoms with Crippen molar-refractivity contribution >= 4 is 88.9 Å². The van der Waals surface area contributed by atoms with Crippen molar-refractivity contribution in [3.05, 3.63) is 186 Å². The van der Waals surface area contributed by atoms with Gasteiger partial charge in [0.1, 0.15) is 5.58 Å². The van der Waals surface area contributed by atoms with E-state index in [1.165, 1.54) is 111 Å². The molecule has 0 atom stereocenters. The summed E-state index contributed by atoms with van der Waals surface area (Å²) >= 11 is 1.98. The lowest BCUT2D eigenvalue weighted by Crippen LogP contribution is -2.61.